The first kappa shape index (κ1) is 12.0. The van der Waals surface area contributed by atoms with Crippen molar-refractivity contribution in [2.45, 2.75) is 12.0 Å². The van der Waals surface area contributed by atoms with E-state index < -0.39 is 0 Å². The van der Waals surface area contributed by atoms with Gasteiger partial charge in [-0.15, -0.1) is 0 Å². The lowest BCUT2D eigenvalue weighted by molar-refractivity contribution is -0.141. The van der Waals surface area contributed by atoms with Gasteiger partial charge in [0.25, 0.3) is 0 Å². The lowest BCUT2D eigenvalue weighted by Crippen LogP contribution is -2.53. The molecule has 8 nitrogen and oxygen atoms in total. The standard InChI is InChI=1S/C11H16N6O2/c12-7-3-8(16-10(13)15-7)17-2-1-11(6-17)5-14-9(18)4-19-11/h3H,1-2,4-6H2,(H,14,18)(H4,12,13,15,16). The van der Waals surface area contributed by atoms with Gasteiger partial charge in [-0.05, 0) is 6.42 Å². The van der Waals surface area contributed by atoms with Gasteiger partial charge in [-0.2, -0.15) is 9.97 Å². The maximum Gasteiger partial charge on any atom is 0.246 e. The molecule has 1 unspecified atom stereocenters. The maximum absolute atomic E-state index is 11.1. The second-order valence-corrected chi connectivity index (χ2v) is 4.93. The van der Waals surface area contributed by atoms with E-state index in [-0.39, 0.29) is 24.1 Å². The Hall–Kier alpha value is -2.09. The average molecular weight is 264 g/mol. The molecule has 8 heteroatoms. The van der Waals surface area contributed by atoms with Crippen molar-refractivity contribution in [1.29, 1.82) is 0 Å². The molecule has 19 heavy (non-hydrogen) atoms. The molecule has 2 saturated heterocycles. The number of carbonyl (C=O) groups excluding carboxylic acids is 1. The lowest BCUT2D eigenvalue weighted by atomic mass is 10.0. The summed E-state index contributed by atoms with van der Waals surface area (Å²) in [6, 6.07) is 1.69. The number of aromatic nitrogens is 2. The molecule has 5 N–H and O–H groups in total. The van der Waals surface area contributed by atoms with E-state index in [9.17, 15) is 4.79 Å². The van der Waals surface area contributed by atoms with E-state index in [1.165, 1.54) is 0 Å². The molecule has 0 bridgehead atoms. The highest BCUT2D eigenvalue weighted by Gasteiger charge is 2.42. The number of rotatable bonds is 1. The number of nitrogens with two attached hydrogens (primary N) is 2. The van der Waals surface area contributed by atoms with Gasteiger partial charge in [-0.3, -0.25) is 4.79 Å². The van der Waals surface area contributed by atoms with Crippen LogP contribution in [0.1, 0.15) is 6.42 Å². The first-order valence-corrected chi connectivity index (χ1v) is 6.12. The molecule has 0 radical (unpaired) electrons. The Bertz CT molecular complexity index is 490. The molecule has 1 aromatic rings. The Morgan fingerprint density at radius 1 is 1.42 bits per heavy atom. The number of ether oxygens (including phenoxy) is 1. The molecule has 1 aromatic heterocycles. The SMILES string of the molecule is Nc1cc(N2CCC3(CNC(=O)CO3)C2)nc(N)n1. The van der Waals surface area contributed by atoms with Crippen LogP contribution >= 0.6 is 0 Å². The number of morpholine rings is 1. The normalized spacial score (nSPS) is 26.7. The van der Waals surface area contributed by atoms with Crippen molar-refractivity contribution in [2.24, 2.45) is 0 Å². The number of amides is 1. The summed E-state index contributed by atoms with van der Waals surface area (Å²) >= 11 is 0. The van der Waals surface area contributed by atoms with Crippen LogP contribution in [0.25, 0.3) is 0 Å². The van der Waals surface area contributed by atoms with Gasteiger partial charge in [0.05, 0.1) is 6.54 Å². The van der Waals surface area contributed by atoms with E-state index in [0.29, 0.717) is 24.7 Å². The van der Waals surface area contributed by atoms with E-state index in [4.69, 9.17) is 16.2 Å². The molecule has 0 aromatic carbocycles. The Morgan fingerprint density at radius 2 is 2.26 bits per heavy atom. The van der Waals surface area contributed by atoms with Crippen LogP contribution in [0, 0.1) is 0 Å². The first-order chi connectivity index (χ1) is 9.06. The van der Waals surface area contributed by atoms with Crippen molar-refractivity contribution >= 4 is 23.5 Å². The fourth-order valence-electron chi connectivity index (χ4n) is 2.52. The van der Waals surface area contributed by atoms with Gasteiger partial charge in [-0.25, -0.2) is 0 Å². The molecule has 3 heterocycles. The molecule has 3 rings (SSSR count). The summed E-state index contributed by atoms with van der Waals surface area (Å²) in [5.41, 5.74) is 10.9. The van der Waals surface area contributed by atoms with Gasteiger partial charge >= 0.3 is 0 Å². The summed E-state index contributed by atoms with van der Waals surface area (Å²) in [6.45, 7) is 2.08. The summed E-state index contributed by atoms with van der Waals surface area (Å²) in [5, 5.41) is 2.84. The molecule has 1 amide bonds. The summed E-state index contributed by atoms with van der Waals surface area (Å²) in [4.78, 5) is 21.2. The predicted octanol–water partition coefficient (Wildman–Crippen LogP) is -1.26. The number of carbonyl (C=O) groups is 1. The Morgan fingerprint density at radius 3 is 2.95 bits per heavy atom. The van der Waals surface area contributed by atoms with Crippen LogP contribution in [0.3, 0.4) is 0 Å². The van der Waals surface area contributed by atoms with Crippen molar-refractivity contribution < 1.29 is 9.53 Å². The first-order valence-electron chi connectivity index (χ1n) is 6.12. The Labute approximate surface area is 110 Å². The highest BCUT2D eigenvalue weighted by Crippen LogP contribution is 2.30. The van der Waals surface area contributed by atoms with Crippen LogP contribution in [0.5, 0.6) is 0 Å². The monoisotopic (exact) mass is 264 g/mol. The number of nitrogens with zero attached hydrogens (tertiary/aromatic N) is 3. The summed E-state index contributed by atoms with van der Waals surface area (Å²) in [5.74, 6) is 1.14. The number of anilines is 3. The minimum Gasteiger partial charge on any atom is -0.383 e. The highest BCUT2D eigenvalue weighted by molar-refractivity contribution is 5.78. The van der Waals surface area contributed by atoms with Gasteiger partial charge < -0.3 is 26.4 Å². The largest absolute Gasteiger partial charge is 0.383 e. The number of nitrogens with one attached hydrogen (secondary N) is 1. The lowest BCUT2D eigenvalue weighted by Gasteiger charge is -2.33. The summed E-state index contributed by atoms with van der Waals surface area (Å²) in [6.07, 6.45) is 0.830. The topological polar surface area (TPSA) is 119 Å². The zero-order valence-corrected chi connectivity index (χ0v) is 10.4. The van der Waals surface area contributed by atoms with Crippen molar-refractivity contribution in [2.75, 3.05) is 42.6 Å². The smallest absolute Gasteiger partial charge is 0.246 e. The van der Waals surface area contributed by atoms with E-state index in [1.807, 2.05) is 4.90 Å². The van der Waals surface area contributed by atoms with E-state index in [0.717, 1.165) is 13.0 Å². The quantitative estimate of drug-likeness (QED) is 0.579. The van der Waals surface area contributed by atoms with E-state index >= 15 is 0 Å². The maximum atomic E-state index is 11.1. The molecule has 0 saturated carbocycles. The van der Waals surface area contributed by atoms with Crippen molar-refractivity contribution in [3.05, 3.63) is 6.07 Å². The van der Waals surface area contributed by atoms with Crippen LogP contribution in [0.4, 0.5) is 17.6 Å². The van der Waals surface area contributed by atoms with Crippen molar-refractivity contribution in [1.82, 2.24) is 15.3 Å². The second kappa shape index (κ2) is 4.23. The number of hydrogen-bond acceptors (Lipinski definition) is 7. The molecule has 2 aliphatic rings. The van der Waals surface area contributed by atoms with E-state index in [1.54, 1.807) is 6.07 Å². The molecule has 102 valence electrons. The molecule has 2 fully saturated rings. The second-order valence-electron chi connectivity index (χ2n) is 4.93. The van der Waals surface area contributed by atoms with Crippen LogP contribution in [0.15, 0.2) is 6.07 Å². The van der Waals surface area contributed by atoms with Crippen LogP contribution in [0.2, 0.25) is 0 Å². The third kappa shape index (κ3) is 2.26. The Kier molecular flexibility index (Phi) is 2.67. The van der Waals surface area contributed by atoms with Gasteiger partial charge in [0.2, 0.25) is 11.9 Å². The highest BCUT2D eigenvalue weighted by atomic mass is 16.5. The molecule has 1 atom stereocenters. The van der Waals surface area contributed by atoms with Gasteiger partial charge in [-0.1, -0.05) is 0 Å². The van der Waals surface area contributed by atoms with Crippen LogP contribution < -0.4 is 21.7 Å². The predicted molar refractivity (Wildman–Crippen MR) is 69.4 cm³/mol. The van der Waals surface area contributed by atoms with Crippen molar-refractivity contribution in [3.8, 4) is 0 Å². The summed E-state index contributed by atoms with van der Waals surface area (Å²) < 4.78 is 5.69. The number of hydrogen-bond donors (Lipinski definition) is 3. The third-order valence-electron chi connectivity index (χ3n) is 3.51. The minimum absolute atomic E-state index is 0.0698. The minimum atomic E-state index is -0.331. The third-order valence-corrected chi connectivity index (χ3v) is 3.51. The van der Waals surface area contributed by atoms with Crippen LogP contribution in [-0.4, -0.2) is 47.7 Å². The number of nitrogen functional groups attached to an aromatic ring is 2. The zero-order chi connectivity index (χ0) is 13.5. The van der Waals surface area contributed by atoms with Gasteiger partial charge in [0.15, 0.2) is 0 Å². The summed E-state index contributed by atoms with van der Waals surface area (Å²) in [7, 11) is 0. The Balaban J connectivity index is 1.76. The molecular formula is C11H16N6O2. The molecular weight excluding hydrogens is 248 g/mol. The van der Waals surface area contributed by atoms with Crippen molar-refractivity contribution in [3.63, 3.8) is 0 Å². The zero-order valence-electron chi connectivity index (χ0n) is 10.4. The van der Waals surface area contributed by atoms with Gasteiger partial charge in [0, 0.05) is 19.2 Å². The fraction of sp³-hybridized carbons (Fsp3) is 0.545. The molecule has 0 aliphatic carbocycles. The van der Waals surface area contributed by atoms with E-state index in [2.05, 4.69) is 15.3 Å². The van der Waals surface area contributed by atoms with Crippen LogP contribution in [-0.2, 0) is 9.53 Å². The molecule has 2 aliphatic heterocycles. The fourth-order valence-corrected chi connectivity index (χ4v) is 2.52. The average Bonchev–Trinajstić information content (AvgIpc) is 2.77. The molecule has 1 spiro atoms. The van der Waals surface area contributed by atoms with Gasteiger partial charge in [0.1, 0.15) is 23.8 Å².